The first kappa shape index (κ1) is 27.6. The number of carbonyl (C=O) groups excluding carboxylic acids is 2. The van der Waals surface area contributed by atoms with Gasteiger partial charge in [0.1, 0.15) is 22.7 Å². The SMILES string of the molecule is C=CCN(Cc1ccc(F)cc1)c1ccc(NC(=O)OC(C)(C)C)c(NC(=O)OC(C)(C)C)c1F. The smallest absolute Gasteiger partial charge is 0.412 e. The van der Waals surface area contributed by atoms with Gasteiger partial charge in [0.15, 0.2) is 5.82 Å². The van der Waals surface area contributed by atoms with Gasteiger partial charge in [-0.2, -0.15) is 0 Å². The lowest BCUT2D eigenvalue weighted by Crippen LogP contribution is -2.30. The maximum atomic E-state index is 15.9. The van der Waals surface area contributed by atoms with Crippen LogP contribution in [0.2, 0.25) is 0 Å². The fourth-order valence-electron chi connectivity index (χ4n) is 3.07. The predicted octanol–water partition coefficient (Wildman–Crippen LogP) is 6.85. The summed E-state index contributed by atoms with van der Waals surface area (Å²) in [5, 5.41) is 4.88. The minimum atomic E-state index is -0.894. The summed E-state index contributed by atoms with van der Waals surface area (Å²) in [6, 6.07) is 8.76. The summed E-state index contributed by atoms with van der Waals surface area (Å²) in [5.41, 5.74) is -1.02. The second-order valence-corrected chi connectivity index (χ2v) is 9.87. The fraction of sp³-hybridized carbons (Fsp3) is 0.385. The number of anilines is 3. The summed E-state index contributed by atoms with van der Waals surface area (Å²) in [7, 11) is 0. The number of benzene rings is 2. The molecule has 190 valence electrons. The van der Waals surface area contributed by atoms with Crippen molar-refractivity contribution in [2.75, 3.05) is 22.1 Å². The molecule has 0 aliphatic heterocycles. The lowest BCUT2D eigenvalue weighted by Gasteiger charge is -2.27. The third-order valence-corrected chi connectivity index (χ3v) is 4.36. The molecule has 0 aliphatic carbocycles. The van der Waals surface area contributed by atoms with Crippen molar-refractivity contribution in [3.8, 4) is 0 Å². The van der Waals surface area contributed by atoms with Gasteiger partial charge in [-0.25, -0.2) is 18.4 Å². The standard InChI is InChI=1S/C26H33F2N3O4/c1-8-15-31(16-17-9-11-18(27)12-10-17)20-14-13-19(29-23(32)34-25(2,3)4)22(21(20)28)30-24(33)35-26(5,6)7/h8-14H,1,15-16H2,2-7H3,(H,29,32)(H,30,33). The molecule has 0 unspecified atom stereocenters. The van der Waals surface area contributed by atoms with E-state index in [1.165, 1.54) is 24.3 Å². The molecule has 9 heteroatoms. The Balaban J connectivity index is 2.47. The van der Waals surface area contributed by atoms with Gasteiger partial charge in [0.2, 0.25) is 0 Å². The summed E-state index contributed by atoms with van der Waals surface area (Å²) < 4.78 is 39.7. The average molecular weight is 490 g/mol. The van der Waals surface area contributed by atoms with Crippen LogP contribution in [0.1, 0.15) is 47.1 Å². The predicted molar refractivity (Wildman–Crippen MR) is 134 cm³/mol. The first-order chi connectivity index (χ1) is 16.2. The van der Waals surface area contributed by atoms with Crippen LogP contribution in [0.3, 0.4) is 0 Å². The Morgan fingerprint density at radius 3 is 1.97 bits per heavy atom. The van der Waals surface area contributed by atoms with Crippen molar-refractivity contribution in [2.24, 2.45) is 0 Å². The minimum absolute atomic E-state index is 0.00769. The summed E-state index contributed by atoms with van der Waals surface area (Å²) >= 11 is 0. The Morgan fingerprint density at radius 2 is 1.46 bits per heavy atom. The van der Waals surface area contributed by atoms with Gasteiger partial charge >= 0.3 is 12.2 Å². The summed E-state index contributed by atoms with van der Waals surface area (Å²) in [6.45, 7) is 14.3. The maximum absolute atomic E-state index is 15.9. The number of carbonyl (C=O) groups is 2. The highest BCUT2D eigenvalue weighted by Gasteiger charge is 2.25. The summed E-state index contributed by atoms with van der Waals surface area (Å²) in [4.78, 5) is 26.5. The molecule has 0 spiro atoms. The number of ether oxygens (including phenoxy) is 2. The van der Waals surface area contributed by atoms with Crippen molar-refractivity contribution < 1.29 is 27.8 Å². The van der Waals surface area contributed by atoms with Gasteiger partial charge in [0.05, 0.1) is 11.4 Å². The van der Waals surface area contributed by atoms with E-state index in [1.807, 2.05) is 0 Å². The maximum Gasteiger partial charge on any atom is 0.412 e. The topological polar surface area (TPSA) is 79.9 Å². The van der Waals surface area contributed by atoms with E-state index in [1.54, 1.807) is 64.7 Å². The number of hydrogen-bond acceptors (Lipinski definition) is 5. The second kappa shape index (κ2) is 11.2. The van der Waals surface area contributed by atoms with E-state index < -0.39 is 29.2 Å². The van der Waals surface area contributed by atoms with E-state index >= 15 is 4.39 Å². The monoisotopic (exact) mass is 489 g/mol. The molecule has 2 N–H and O–H groups in total. The Kier molecular flexibility index (Phi) is 8.84. The number of nitrogens with one attached hydrogen (secondary N) is 2. The van der Waals surface area contributed by atoms with Crippen LogP contribution in [0, 0.1) is 11.6 Å². The van der Waals surface area contributed by atoms with Crippen molar-refractivity contribution in [1.29, 1.82) is 0 Å². The molecule has 0 saturated heterocycles. The molecule has 0 aliphatic rings. The largest absolute Gasteiger partial charge is 0.444 e. The van der Waals surface area contributed by atoms with Gasteiger partial charge in [0.25, 0.3) is 0 Å². The van der Waals surface area contributed by atoms with Crippen molar-refractivity contribution in [2.45, 2.75) is 59.3 Å². The number of nitrogens with zero attached hydrogens (tertiary/aromatic N) is 1. The van der Waals surface area contributed by atoms with Crippen LogP contribution >= 0.6 is 0 Å². The van der Waals surface area contributed by atoms with Gasteiger partial charge in [0, 0.05) is 13.1 Å². The molecule has 0 heterocycles. The summed E-state index contributed by atoms with van der Waals surface area (Å²) in [5.74, 6) is -1.18. The quantitative estimate of drug-likeness (QED) is 0.416. The molecular formula is C26H33F2N3O4. The fourth-order valence-corrected chi connectivity index (χ4v) is 3.07. The van der Waals surface area contributed by atoms with E-state index in [4.69, 9.17) is 9.47 Å². The molecule has 2 aromatic carbocycles. The van der Waals surface area contributed by atoms with Crippen LogP contribution < -0.4 is 15.5 Å². The number of halogens is 2. The third-order valence-electron chi connectivity index (χ3n) is 4.36. The molecule has 0 saturated carbocycles. The first-order valence-corrected chi connectivity index (χ1v) is 11.1. The molecule has 35 heavy (non-hydrogen) atoms. The Bertz CT molecular complexity index is 1060. The highest BCUT2D eigenvalue weighted by molar-refractivity contribution is 5.96. The van der Waals surface area contributed by atoms with E-state index in [9.17, 15) is 14.0 Å². The molecule has 0 bridgehead atoms. The van der Waals surface area contributed by atoms with Crippen LogP contribution in [0.15, 0.2) is 49.1 Å². The molecule has 0 fully saturated rings. The molecule has 0 atom stereocenters. The Labute approximate surface area is 205 Å². The van der Waals surface area contributed by atoms with Crippen molar-refractivity contribution >= 4 is 29.2 Å². The molecular weight excluding hydrogens is 456 g/mol. The Hall–Kier alpha value is -3.62. The average Bonchev–Trinajstić information content (AvgIpc) is 2.69. The zero-order chi connectivity index (χ0) is 26.4. The first-order valence-electron chi connectivity index (χ1n) is 11.1. The second-order valence-electron chi connectivity index (χ2n) is 9.87. The van der Waals surface area contributed by atoms with E-state index in [-0.39, 0.29) is 36.0 Å². The van der Waals surface area contributed by atoms with Gasteiger partial charge in [-0.3, -0.25) is 10.6 Å². The third kappa shape index (κ3) is 8.92. The normalized spacial score (nSPS) is 11.4. The molecule has 0 radical (unpaired) electrons. The lowest BCUT2D eigenvalue weighted by molar-refractivity contribution is 0.0620. The zero-order valence-electron chi connectivity index (χ0n) is 21.0. The van der Waals surface area contributed by atoms with Gasteiger partial charge < -0.3 is 14.4 Å². The Morgan fingerprint density at radius 1 is 0.914 bits per heavy atom. The molecule has 2 amide bonds. The van der Waals surface area contributed by atoms with Crippen LogP contribution in [-0.4, -0.2) is 29.9 Å². The molecule has 7 nitrogen and oxygen atoms in total. The minimum Gasteiger partial charge on any atom is -0.444 e. The van der Waals surface area contributed by atoms with Crippen molar-refractivity contribution in [3.05, 3.63) is 66.3 Å². The van der Waals surface area contributed by atoms with E-state index in [2.05, 4.69) is 17.2 Å². The van der Waals surface area contributed by atoms with Gasteiger partial charge in [-0.1, -0.05) is 18.2 Å². The van der Waals surface area contributed by atoms with E-state index in [0.29, 0.717) is 0 Å². The van der Waals surface area contributed by atoms with Crippen LogP contribution in [0.25, 0.3) is 0 Å². The van der Waals surface area contributed by atoms with Crippen LogP contribution in [-0.2, 0) is 16.0 Å². The number of amides is 2. The van der Waals surface area contributed by atoms with Crippen molar-refractivity contribution in [3.63, 3.8) is 0 Å². The lowest BCUT2D eigenvalue weighted by atomic mass is 10.1. The summed E-state index contributed by atoms with van der Waals surface area (Å²) in [6.07, 6.45) is -0.114. The molecule has 2 rings (SSSR count). The molecule has 0 aromatic heterocycles. The highest BCUT2D eigenvalue weighted by atomic mass is 19.1. The van der Waals surface area contributed by atoms with Crippen LogP contribution in [0.4, 0.5) is 35.4 Å². The number of hydrogen-bond donors (Lipinski definition) is 2. The highest BCUT2D eigenvalue weighted by Crippen LogP contribution is 2.34. The van der Waals surface area contributed by atoms with E-state index in [0.717, 1.165) is 5.56 Å². The van der Waals surface area contributed by atoms with Gasteiger partial charge in [-0.15, -0.1) is 6.58 Å². The molecule has 2 aromatic rings. The van der Waals surface area contributed by atoms with Crippen molar-refractivity contribution in [1.82, 2.24) is 0 Å². The number of rotatable bonds is 7. The van der Waals surface area contributed by atoms with Crippen LogP contribution in [0.5, 0.6) is 0 Å². The van der Waals surface area contributed by atoms with Gasteiger partial charge in [-0.05, 0) is 71.4 Å². The zero-order valence-corrected chi connectivity index (χ0v) is 21.0.